The standard InChI is InChI=1S/C21H19BrN2O5S/c1-13-3-2-4-15(9-13)28-8-7-24-20(26)18(30-21(24)27)11-14-5-6-17(16(22)10-14)29-12-19(23)25/h2-6,9-11H,7-8,12H2,1H3,(H2,23,25)/b18-11-. The van der Waals surface area contributed by atoms with Crippen molar-refractivity contribution in [3.63, 3.8) is 0 Å². The van der Waals surface area contributed by atoms with Gasteiger partial charge in [-0.2, -0.15) is 0 Å². The molecule has 0 unspecified atom stereocenters. The first-order valence-corrected chi connectivity index (χ1v) is 10.6. The van der Waals surface area contributed by atoms with Crippen molar-refractivity contribution in [2.45, 2.75) is 6.92 Å². The molecule has 1 saturated heterocycles. The van der Waals surface area contributed by atoms with Crippen LogP contribution in [0.2, 0.25) is 0 Å². The molecule has 2 N–H and O–H groups in total. The van der Waals surface area contributed by atoms with Gasteiger partial charge in [-0.3, -0.25) is 19.3 Å². The third-order valence-corrected chi connectivity index (χ3v) is 5.60. The van der Waals surface area contributed by atoms with Gasteiger partial charge in [-0.25, -0.2) is 0 Å². The van der Waals surface area contributed by atoms with Crippen molar-refractivity contribution in [1.29, 1.82) is 0 Å². The van der Waals surface area contributed by atoms with Gasteiger partial charge in [0.15, 0.2) is 6.61 Å². The van der Waals surface area contributed by atoms with E-state index in [-0.39, 0.29) is 30.9 Å². The average Bonchev–Trinajstić information content (AvgIpc) is 2.94. The van der Waals surface area contributed by atoms with Crippen molar-refractivity contribution in [3.05, 3.63) is 63.0 Å². The van der Waals surface area contributed by atoms with Crippen LogP contribution >= 0.6 is 27.7 Å². The molecule has 30 heavy (non-hydrogen) atoms. The van der Waals surface area contributed by atoms with Crippen LogP contribution in [0.15, 0.2) is 51.8 Å². The zero-order valence-electron chi connectivity index (χ0n) is 16.1. The Balaban J connectivity index is 1.62. The minimum Gasteiger partial charge on any atom is -0.492 e. The molecule has 0 aromatic heterocycles. The van der Waals surface area contributed by atoms with Gasteiger partial charge >= 0.3 is 0 Å². The molecule has 0 radical (unpaired) electrons. The first kappa shape index (κ1) is 21.9. The summed E-state index contributed by atoms with van der Waals surface area (Å²) in [5, 5.41) is -0.334. The zero-order valence-corrected chi connectivity index (χ0v) is 18.5. The molecule has 0 atom stereocenters. The second-order valence-electron chi connectivity index (χ2n) is 6.44. The number of aryl methyl sites for hydroxylation is 1. The van der Waals surface area contributed by atoms with Gasteiger partial charge in [0.1, 0.15) is 18.1 Å². The monoisotopic (exact) mass is 490 g/mol. The predicted molar refractivity (Wildman–Crippen MR) is 118 cm³/mol. The number of ether oxygens (including phenoxy) is 2. The Morgan fingerprint density at radius 3 is 2.70 bits per heavy atom. The van der Waals surface area contributed by atoms with Crippen LogP contribution in [-0.2, 0) is 9.59 Å². The molecule has 3 amide bonds. The van der Waals surface area contributed by atoms with E-state index in [9.17, 15) is 14.4 Å². The van der Waals surface area contributed by atoms with Gasteiger partial charge in [0, 0.05) is 0 Å². The quantitative estimate of drug-likeness (QED) is 0.565. The highest BCUT2D eigenvalue weighted by Gasteiger charge is 2.34. The number of nitrogens with zero attached hydrogens (tertiary/aromatic N) is 1. The van der Waals surface area contributed by atoms with E-state index in [1.165, 1.54) is 4.90 Å². The number of hydrogen-bond acceptors (Lipinski definition) is 6. The fourth-order valence-corrected chi connectivity index (χ4v) is 4.05. The van der Waals surface area contributed by atoms with Crippen molar-refractivity contribution in [3.8, 4) is 11.5 Å². The number of amides is 3. The molecule has 9 heteroatoms. The Kier molecular flexibility index (Phi) is 7.17. The van der Waals surface area contributed by atoms with Gasteiger partial charge in [-0.1, -0.05) is 18.2 Å². The molecule has 3 rings (SSSR count). The van der Waals surface area contributed by atoms with Crippen molar-refractivity contribution in [2.75, 3.05) is 19.8 Å². The van der Waals surface area contributed by atoms with Crippen molar-refractivity contribution in [1.82, 2.24) is 4.90 Å². The number of benzene rings is 2. The molecule has 2 aromatic rings. The summed E-state index contributed by atoms with van der Waals surface area (Å²) in [5.41, 5.74) is 6.84. The molecule has 0 aliphatic carbocycles. The molecule has 2 aromatic carbocycles. The molecule has 1 aliphatic heterocycles. The summed E-state index contributed by atoms with van der Waals surface area (Å²) in [5.74, 6) is 0.211. The van der Waals surface area contributed by atoms with Crippen LogP contribution in [0.25, 0.3) is 6.08 Å². The minimum absolute atomic E-state index is 0.166. The second-order valence-corrected chi connectivity index (χ2v) is 8.29. The number of thioether (sulfide) groups is 1. The van der Waals surface area contributed by atoms with E-state index in [0.717, 1.165) is 17.3 Å². The van der Waals surface area contributed by atoms with E-state index in [0.29, 0.717) is 26.4 Å². The highest BCUT2D eigenvalue weighted by atomic mass is 79.9. The third-order valence-electron chi connectivity index (χ3n) is 4.07. The number of primary amides is 1. The molecular weight excluding hydrogens is 472 g/mol. The van der Waals surface area contributed by atoms with Gasteiger partial charge < -0.3 is 15.2 Å². The molecule has 0 saturated carbocycles. The number of halogens is 1. The van der Waals surface area contributed by atoms with Crippen LogP contribution < -0.4 is 15.2 Å². The predicted octanol–water partition coefficient (Wildman–Crippen LogP) is 3.74. The Hall–Kier alpha value is -2.78. The SMILES string of the molecule is Cc1cccc(OCCN2C(=O)S/C(=C\c3ccc(OCC(N)=O)c(Br)c3)C2=O)c1. The maximum Gasteiger partial charge on any atom is 0.293 e. The fraction of sp³-hybridized carbons (Fsp3) is 0.190. The van der Waals surface area contributed by atoms with E-state index >= 15 is 0 Å². The Morgan fingerprint density at radius 1 is 1.20 bits per heavy atom. The molecule has 7 nitrogen and oxygen atoms in total. The molecule has 156 valence electrons. The van der Waals surface area contributed by atoms with Crippen molar-refractivity contribution in [2.24, 2.45) is 5.73 Å². The van der Waals surface area contributed by atoms with Crippen LogP contribution in [0.3, 0.4) is 0 Å². The van der Waals surface area contributed by atoms with E-state index in [4.69, 9.17) is 15.2 Å². The largest absolute Gasteiger partial charge is 0.492 e. The Bertz CT molecular complexity index is 1020. The summed E-state index contributed by atoms with van der Waals surface area (Å²) < 4.78 is 11.5. The first-order valence-electron chi connectivity index (χ1n) is 8.99. The highest BCUT2D eigenvalue weighted by Crippen LogP contribution is 2.33. The minimum atomic E-state index is -0.578. The summed E-state index contributed by atoms with van der Waals surface area (Å²) in [6.45, 7) is 2.11. The lowest BCUT2D eigenvalue weighted by Crippen LogP contribution is -2.32. The summed E-state index contributed by atoms with van der Waals surface area (Å²) in [4.78, 5) is 37.2. The lowest BCUT2D eigenvalue weighted by molar-refractivity contribution is -0.123. The summed E-state index contributed by atoms with van der Waals surface area (Å²) in [7, 11) is 0. The number of carbonyl (C=O) groups excluding carboxylic acids is 3. The number of imide groups is 1. The highest BCUT2D eigenvalue weighted by molar-refractivity contribution is 9.10. The van der Waals surface area contributed by atoms with Crippen LogP contribution in [0, 0.1) is 6.92 Å². The number of carbonyl (C=O) groups is 3. The van der Waals surface area contributed by atoms with Crippen molar-refractivity contribution >= 4 is 50.8 Å². The van der Waals surface area contributed by atoms with E-state index in [1.807, 2.05) is 31.2 Å². The number of nitrogens with two attached hydrogens (primary N) is 1. The Morgan fingerprint density at radius 2 is 2.00 bits per heavy atom. The smallest absolute Gasteiger partial charge is 0.293 e. The van der Waals surface area contributed by atoms with Crippen LogP contribution in [0.5, 0.6) is 11.5 Å². The van der Waals surface area contributed by atoms with Crippen molar-refractivity contribution < 1.29 is 23.9 Å². The van der Waals surface area contributed by atoms with Crippen LogP contribution in [-0.4, -0.2) is 41.7 Å². The maximum absolute atomic E-state index is 12.6. The number of rotatable bonds is 8. The molecular formula is C21H19BrN2O5S. The molecule has 0 spiro atoms. The van der Waals surface area contributed by atoms with Crippen LogP contribution in [0.4, 0.5) is 4.79 Å². The maximum atomic E-state index is 12.6. The van der Waals surface area contributed by atoms with E-state index < -0.39 is 5.91 Å². The fourth-order valence-electron chi connectivity index (χ4n) is 2.68. The molecule has 1 fully saturated rings. The van der Waals surface area contributed by atoms with Crippen LogP contribution in [0.1, 0.15) is 11.1 Å². The molecule has 1 aliphatic rings. The van der Waals surface area contributed by atoms with Gasteiger partial charge in [0.05, 0.1) is 15.9 Å². The summed E-state index contributed by atoms with van der Waals surface area (Å²) >= 11 is 4.24. The lowest BCUT2D eigenvalue weighted by atomic mass is 10.2. The van der Waals surface area contributed by atoms with Gasteiger partial charge in [-0.05, 0) is 76.1 Å². The average molecular weight is 491 g/mol. The second kappa shape index (κ2) is 9.82. The zero-order chi connectivity index (χ0) is 21.7. The van der Waals surface area contributed by atoms with Gasteiger partial charge in [0.2, 0.25) is 0 Å². The van der Waals surface area contributed by atoms with Gasteiger partial charge in [0.25, 0.3) is 17.1 Å². The third kappa shape index (κ3) is 5.64. The topological polar surface area (TPSA) is 98.9 Å². The summed E-state index contributed by atoms with van der Waals surface area (Å²) in [6.07, 6.45) is 1.63. The van der Waals surface area contributed by atoms with Gasteiger partial charge in [-0.15, -0.1) is 0 Å². The summed E-state index contributed by atoms with van der Waals surface area (Å²) in [6, 6.07) is 12.7. The molecule has 1 heterocycles. The number of hydrogen-bond donors (Lipinski definition) is 1. The normalized spacial score (nSPS) is 15.0. The molecule has 0 bridgehead atoms. The first-order chi connectivity index (χ1) is 14.3. The Labute approximate surface area is 186 Å². The van der Waals surface area contributed by atoms with E-state index in [1.54, 1.807) is 24.3 Å². The lowest BCUT2D eigenvalue weighted by Gasteiger charge is -2.13. The van der Waals surface area contributed by atoms with E-state index in [2.05, 4.69) is 15.9 Å².